The summed E-state index contributed by atoms with van der Waals surface area (Å²) < 4.78 is 0. The first-order chi connectivity index (χ1) is 8.39. The van der Waals surface area contributed by atoms with Crippen LogP contribution in [-0.4, -0.2) is 24.2 Å². The van der Waals surface area contributed by atoms with Gasteiger partial charge in [-0.2, -0.15) is 0 Å². The first-order valence-electron chi connectivity index (χ1n) is 6.27. The zero-order valence-corrected chi connectivity index (χ0v) is 10.9. The molecule has 1 aliphatic heterocycles. The van der Waals surface area contributed by atoms with Crippen LogP contribution in [0.3, 0.4) is 0 Å². The number of rotatable bonds is 2. The Hall–Kier alpha value is -1.71. The van der Waals surface area contributed by atoms with E-state index in [1.807, 2.05) is 6.07 Å². The molecule has 1 fully saturated rings. The molecule has 98 valence electrons. The van der Waals surface area contributed by atoms with Crippen molar-refractivity contribution in [2.75, 3.05) is 23.7 Å². The molecule has 1 heterocycles. The summed E-state index contributed by atoms with van der Waals surface area (Å²) >= 11 is 0. The van der Waals surface area contributed by atoms with E-state index in [0.29, 0.717) is 11.3 Å². The first-order valence-corrected chi connectivity index (χ1v) is 6.27. The molecule has 0 spiro atoms. The van der Waals surface area contributed by atoms with Crippen LogP contribution in [0.1, 0.15) is 37.0 Å². The van der Waals surface area contributed by atoms with Crippen LogP contribution in [-0.2, 0) is 0 Å². The van der Waals surface area contributed by atoms with Crippen LogP contribution < -0.4 is 10.6 Å². The Morgan fingerprint density at radius 3 is 2.78 bits per heavy atom. The quantitative estimate of drug-likeness (QED) is 0.789. The smallest absolute Gasteiger partial charge is 0.337 e. The summed E-state index contributed by atoms with van der Waals surface area (Å²) in [5.41, 5.74) is 7.47. The SMILES string of the molecule is CC1(C)CCCN(c2ccc(N)cc2C(=O)O)C1. The standard InChI is InChI=1S/C14H20N2O2/c1-14(2)6-3-7-16(9-14)12-5-4-10(15)8-11(12)13(17)18/h4-5,8H,3,6-7,9,15H2,1-2H3,(H,17,18). The number of benzene rings is 1. The molecule has 1 aliphatic rings. The minimum atomic E-state index is -0.916. The number of anilines is 2. The van der Waals surface area contributed by atoms with Crippen LogP contribution in [0.5, 0.6) is 0 Å². The highest BCUT2D eigenvalue weighted by atomic mass is 16.4. The van der Waals surface area contributed by atoms with Gasteiger partial charge in [0.1, 0.15) is 0 Å². The molecule has 1 aromatic rings. The molecule has 0 amide bonds. The highest BCUT2D eigenvalue weighted by molar-refractivity contribution is 5.95. The number of carbonyl (C=O) groups is 1. The van der Waals surface area contributed by atoms with Gasteiger partial charge in [0, 0.05) is 18.8 Å². The van der Waals surface area contributed by atoms with Crippen molar-refractivity contribution in [2.24, 2.45) is 5.41 Å². The topological polar surface area (TPSA) is 66.6 Å². The third-order valence-corrected chi connectivity index (χ3v) is 3.49. The van der Waals surface area contributed by atoms with E-state index in [2.05, 4.69) is 18.7 Å². The first kappa shape index (κ1) is 12.7. The van der Waals surface area contributed by atoms with Gasteiger partial charge in [-0.15, -0.1) is 0 Å². The Morgan fingerprint density at radius 2 is 2.17 bits per heavy atom. The lowest BCUT2D eigenvalue weighted by molar-refractivity contribution is 0.0697. The van der Waals surface area contributed by atoms with Gasteiger partial charge in [0.25, 0.3) is 0 Å². The Bertz CT molecular complexity index is 469. The Kier molecular flexibility index (Phi) is 3.20. The van der Waals surface area contributed by atoms with Crippen LogP contribution in [0.2, 0.25) is 0 Å². The van der Waals surface area contributed by atoms with Gasteiger partial charge < -0.3 is 15.7 Å². The third kappa shape index (κ3) is 2.58. The Morgan fingerprint density at radius 1 is 1.44 bits per heavy atom. The van der Waals surface area contributed by atoms with Gasteiger partial charge in [-0.3, -0.25) is 0 Å². The van der Waals surface area contributed by atoms with Crippen LogP contribution >= 0.6 is 0 Å². The largest absolute Gasteiger partial charge is 0.478 e. The molecule has 18 heavy (non-hydrogen) atoms. The van der Waals surface area contributed by atoms with Gasteiger partial charge in [0.05, 0.1) is 11.3 Å². The van der Waals surface area contributed by atoms with Gasteiger partial charge in [-0.25, -0.2) is 4.79 Å². The number of aromatic carboxylic acids is 1. The molecular formula is C14H20N2O2. The van der Waals surface area contributed by atoms with Crippen molar-refractivity contribution in [3.8, 4) is 0 Å². The number of piperidine rings is 1. The fraction of sp³-hybridized carbons (Fsp3) is 0.500. The van der Waals surface area contributed by atoms with Gasteiger partial charge >= 0.3 is 5.97 Å². The summed E-state index contributed by atoms with van der Waals surface area (Å²) in [6.45, 7) is 6.23. The number of hydrogen-bond donors (Lipinski definition) is 2. The molecule has 1 aromatic carbocycles. The second-order valence-electron chi connectivity index (χ2n) is 5.77. The maximum Gasteiger partial charge on any atom is 0.337 e. The highest BCUT2D eigenvalue weighted by Gasteiger charge is 2.28. The molecule has 4 heteroatoms. The summed E-state index contributed by atoms with van der Waals surface area (Å²) in [7, 11) is 0. The number of nitrogens with two attached hydrogens (primary N) is 1. The summed E-state index contributed by atoms with van der Waals surface area (Å²) in [5, 5.41) is 9.27. The van der Waals surface area contributed by atoms with E-state index in [4.69, 9.17) is 5.73 Å². The van der Waals surface area contributed by atoms with Crippen molar-refractivity contribution < 1.29 is 9.90 Å². The summed E-state index contributed by atoms with van der Waals surface area (Å²) in [5.74, 6) is -0.916. The minimum Gasteiger partial charge on any atom is -0.478 e. The average Bonchev–Trinajstić information content (AvgIpc) is 2.27. The Labute approximate surface area is 107 Å². The fourth-order valence-corrected chi connectivity index (χ4v) is 2.63. The maximum absolute atomic E-state index is 11.3. The lowest BCUT2D eigenvalue weighted by Crippen LogP contribution is -2.40. The van der Waals surface area contributed by atoms with Crippen LogP contribution in [0, 0.1) is 5.41 Å². The zero-order valence-electron chi connectivity index (χ0n) is 10.9. The molecular weight excluding hydrogens is 228 g/mol. The lowest BCUT2D eigenvalue weighted by Gasteiger charge is -2.40. The second kappa shape index (κ2) is 4.52. The molecule has 0 aliphatic carbocycles. The number of carboxylic acids is 1. The maximum atomic E-state index is 11.3. The van der Waals surface area contributed by atoms with E-state index in [-0.39, 0.29) is 5.41 Å². The van der Waals surface area contributed by atoms with Crippen molar-refractivity contribution in [3.05, 3.63) is 23.8 Å². The molecule has 0 aromatic heterocycles. The zero-order chi connectivity index (χ0) is 13.3. The van der Waals surface area contributed by atoms with Gasteiger partial charge in [0.2, 0.25) is 0 Å². The monoisotopic (exact) mass is 248 g/mol. The highest BCUT2D eigenvalue weighted by Crippen LogP contribution is 2.33. The minimum absolute atomic E-state index is 0.232. The van der Waals surface area contributed by atoms with Gasteiger partial charge in [-0.1, -0.05) is 13.8 Å². The van der Waals surface area contributed by atoms with Gasteiger partial charge in [0.15, 0.2) is 0 Å². The number of hydrogen-bond acceptors (Lipinski definition) is 3. The molecule has 1 saturated heterocycles. The normalized spacial score (nSPS) is 18.7. The van der Waals surface area contributed by atoms with Crippen molar-refractivity contribution in [1.29, 1.82) is 0 Å². The van der Waals surface area contributed by atoms with E-state index < -0.39 is 5.97 Å². The van der Waals surface area contributed by atoms with E-state index in [0.717, 1.165) is 25.2 Å². The summed E-state index contributed by atoms with van der Waals surface area (Å²) in [6, 6.07) is 5.13. The third-order valence-electron chi connectivity index (χ3n) is 3.49. The molecule has 3 N–H and O–H groups in total. The molecule has 0 radical (unpaired) electrons. The van der Waals surface area contributed by atoms with Crippen molar-refractivity contribution in [3.63, 3.8) is 0 Å². The molecule has 4 nitrogen and oxygen atoms in total. The lowest BCUT2D eigenvalue weighted by atomic mass is 9.84. The summed E-state index contributed by atoms with van der Waals surface area (Å²) in [6.07, 6.45) is 2.28. The average molecular weight is 248 g/mol. The second-order valence-corrected chi connectivity index (χ2v) is 5.77. The fourth-order valence-electron chi connectivity index (χ4n) is 2.63. The van der Waals surface area contributed by atoms with E-state index in [1.165, 1.54) is 6.42 Å². The molecule has 2 rings (SSSR count). The van der Waals surface area contributed by atoms with Crippen molar-refractivity contribution in [2.45, 2.75) is 26.7 Å². The van der Waals surface area contributed by atoms with Crippen LogP contribution in [0.15, 0.2) is 18.2 Å². The molecule has 0 saturated carbocycles. The van der Waals surface area contributed by atoms with E-state index in [1.54, 1.807) is 12.1 Å². The molecule has 0 bridgehead atoms. The number of nitrogens with zero attached hydrogens (tertiary/aromatic N) is 1. The number of carboxylic acid groups (broad SMARTS) is 1. The molecule has 0 atom stereocenters. The van der Waals surface area contributed by atoms with E-state index in [9.17, 15) is 9.90 Å². The van der Waals surface area contributed by atoms with Crippen LogP contribution in [0.25, 0.3) is 0 Å². The Balaban J connectivity index is 2.35. The van der Waals surface area contributed by atoms with Crippen LogP contribution in [0.4, 0.5) is 11.4 Å². The predicted octanol–water partition coefficient (Wildman–Crippen LogP) is 2.59. The summed E-state index contributed by atoms with van der Waals surface area (Å²) in [4.78, 5) is 13.5. The van der Waals surface area contributed by atoms with Crippen molar-refractivity contribution in [1.82, 2.24) is 0 Å². The predicted molar refractivity (Wildman–Crippen MR) is 73.0 cm³/mol. The van der Waals surface area contributed by atoms with Gasteiger partial charge in [-0.05, 0) is 36.5 Å². The van der Waals surface area contributed by atoms with E-state index >= 15 is 0 Å². The molecule has 0 unspecified atom stereocenters. The van der Waals surface area contributed by atoms with Crippen molar-refractivity contribution >= 4 is 17.3 Å². The number of nitrogen functional groups attached to an aromatic ring is 1.